The summed E-state index contributed by atoms with van der Waals surface area (Å²) in [6, 6.07) is 0. The molecule has 2 rings (SSSR count). The number of hydrogen-bond donors (Lipinski definition) is 1. The first-order valence-electron chi connectivity index (χ1n) is 9.28. The maximum Gasteiger partial charge on any atom is 0.216 e. The topological polar surface area (TPSA) is 53.7 Å². The largest absolute Gasteiger partial charge is 0.443 e. The molecule has 5 heteroatoms. The molecule has 1 atom stereocenters. The third-order valence-corrected chi connectivity index (χ3v) is 4.38. The van der Waals surface area contributed by atoms with Crippen molar-refractivity contribution >= 4 is 5.96 Å². The lowest BCUT2D eigenvalue weighted by Crippen LogP contribution is -2.40. The minimum absolute atomic E-state index is 0.0154. The summed E-state index contributed by atoms with van der Waals surface area (Å²) in [4.78, 5) is 11.5. The number of guanidine groups is 1. The molecule has 1 N–H and O–H groups in total. The monoisotopic (exact) mass is 334 g/mol. The maximum atomic E-state index is 5.85. The number of aromatic nitrogens is 1. The van der Waals surface area contributed by atoms with E-state index in [-0.39, 0.29) is 5.41 Å². The van der Waals surface area contributed by atoms with Crippen LogP contribution in [0, 0.1) is 11.8 Å². The molecule has 0 radical (unpaired) electrons. The van der Waals surface area contributed by atoms with Gasteiger partial charge in [-0.3, -0.25) is 0 Å². The van der Waals surface area contributed by atoms with E-state index in [0.29, 0.717) is 12.4 Å². The molecule has 136 valence electrons. The fraction of sp³-hybridized carbons (Fsp3) is 0.789. The Morgan fingerprint density at radius 1 is 1.46 bits per heavy atom. The summed E-state index contributed by atoms with van der Waals surface area (Å²) in [6.07, 6.45) is 4.38. The van der Waals surface area contributed by atoms with Crippen LogP contribution in [0.4, 0.5) is 0 Å². The summed E-state index contributed by atoms with van der Waals surface area (Å²) in [6.45, 7) is 16.7. The third kappa shape index (κ3) is 5.25. The Balaban J connectivity index is 2.00. The van der Waals surface area contributed by atoms with Crippen LogP contribution in [0.3, 0.4) is 0 Å². The van der Waals surface area contributed by atoms with Crippen molar-refractivity contribution in [2.24, 2.45) is 16.8 Å². The number of nitrogens with zero attached hydrogens (tertiary/aromatic N) is 3. The van der Waals surface area contributed by atoms with Gasteiger partial charge in [-0.15, -0.1) is 0 Å². The lowest BCUT2D eigenvalue weighted by molar-refractivity contribution is 0.381. The highest BCUT2D eigenvalue weighted by Crippen LogP contribution is 2.24. The summed E-state index contributed by atoms with van der Waals surface area (Å²) in [7, 11) is 0. The molecule has 0 bridgehead atoms. The van der Waals surface area contributed by atoms with Crippen LogP contribution in [0.2, 0.25) is 0 Å². The second-order valence-electron chi connectivity index (χ2n) is 8.27. The van der Waals surface area contributed by atoms with Crippen molar-refractivity contribution < 1.29 is 4.42 Å². The Morgan fingerprint density at radius 3 is 2.79 bits per heavy atom. The van der Waals surface area contributed by atoms with Gasteiger partial charge in [0.2, 0.25) is 5.89 Å². The van der Waals surface area contributed by atoms with Crippen LogP contribution in [-0.2, 0) is 12.0 Å². The number of nitrogens with one attached hydrogen (secondary N) is 1. The maximum absolute atomic E-state index is 5.85. The van der Waals surface area contributed by atoms with Crippen LogP contribution < -0.4 is 5.32 Å². The summed E-state index contributed by atoms with van der Waals surface area (Å²) >= 11 is 0. The summed E-state index contributed by atoms with van der Waals surface area (Å²) < 4.78 is 5.85. The van der Waals surface area contributed by atoms with Gasteiger partial charge in [0, 0.05) is 25.0 Å². The number of aliphatic imine (C=N–C) groups is 1. The summed E-state index contributed by atoms with van der Waals surface area (Å²) in [5, 5.41) is 3.41. The van der Waals surface area contributed by atoms with Crippen LogP contribution in [-0.4, -0.2) is 35.5 Å². The fourth-order valence-corrected chi connectivity index (χ4v) is 3.18. The van der Waals surface area contributed by atoms with Crippen LogP contribution >= 0.6 is 0 Å². The van der Waals surface area contributed by atoms with Gasteiger partial charge < -0.3 is 14.6 Å². The number of oxazole rings is 1. The quantitative estimate of drug-likeness (QED) is 0.657. The average Bonchev–Trinajstić information content (AvgIpc) is 3.11. The first kappa shape index (κ1) is 18.8. The molecule has 5 nitrogen and oxygen atoms in total. The average molecular weight is 335 g/mol. The molecular formula is C19H34N4O. The molecule has 1 saturated heterocycles. The van der Waals surface area contributed by atoms with E-state index in [9.17, 15) is 0 Å². The second kappa shape index (κ2) is 8.04. The van der Waals surface area contributed by atoms with Crippen molar-refractivity contribution in [2.45, 2.75) is 66.3 Å². The highest BCUT2D eigenvalue weighted by Gasteiger charge is 2.25. The summed E-state index contributed by atoms with van der Waals surface area (Å²) in [5.74, 6) is 4.13. The third-order valence-electron chi connectivity index (χ3n) is 4.38. The van der Waals surface area contributed by atoms with E-state index < -0.39 is 0 Å². The predicted octanol–water partition coefficient (Wildman–Crippen LogP) is 3.81. The van der Waals surface area contributed by atoms with Crippen molar-refractivity contribution in [3.63, 3.8) is 0 Å². The van der Waals surface area contributed by atoms with Gasteiger partial charge in [-0.05, 0) is 31.6 Å². The highest BCUT2D eigenvalue weighted by molar-refractivity contribution is 5.80. The molecule has 1 fully saturated rings. The Bertz CT molecular complexity index is 542. The molecule has 0 saturated carbocycles. The van der Waals surface area contributed by atoms with Crippen LogP contribution in [0.1, 0.15) is 66.0 Å². The zero-order valence-electron chi connectivity index (χ0n) is 16.2. The molecule has 0 aliphatic carbocycles. The SMILES string of the molecule is CCNC(=NCc1ncc(C(C)(C)C)o1)N1CCC(CC(C)C)C1. The smallest absolute Gasteiger partial charge is 0.216 e. The van der Waals surface area contributed by atoms with Crippen molar-refractivity contribution in [2.75, 3.05) is 19.6 Å². The zero-order chi connectivity index (χ0) is 17.7. The molecule has 1 aliphatic rings. The first-order valence-corrected chi connectivity index (χ1v) is 9.28. The molecule has 0 spiro atoms. The minimum atomic E-state index is -0.0154. The number of likely N-dealkylation sites (tertiary alicyclic amines) is 1. The zero-order valence-corrected chi connectivity index (χ0v) is 16.2. The Labute approximate surface area is 146 Å². The van der Waals surface area contributed by atoms with Crippen molar-refractivity contribution in [1.82, 2.24) is 15.2 Å². The van der Waals surface area contributed by atoms with E-state index in [2.05, 4.69) is 56.7 Å². The van der Waals surface area contributed by atoms with E-state index in [4.69, 9.17) is 9.41 Å². The van der Waals surface area contributed by atoms with E-state index in [1.54, 1.807) is 0 Å². The highest BCUT2D eigenvalue weighted by atomic mass is 16.4. The summed E-state index contributed by atoms with van der Waals surface area (Å²) in [5.41, 5.74) is -0.0154. The van der Waals surface area contributed by atoms with E-state index in [0.717, 1.165) is 43.2 Å². The number of hydrogen-bond acceptors (Lipinski definition) is 3. The van der Waals surface area contributed by atoms with E-state index in [1.807, 2.05) is 6.20 Å². The standard InChI is InChI=1S/C19H34N4O/c1-7-20-18(23-9-8-15(13-23)10-14(2)3)22-12-17-21-11-16(24-17)19(4,5)6/h11,14-15H,7-10,12-13H2,1-6H3,(H,20,22). The van der Waals surface area contributed by atoms with Crippen molar-refractivity contribution in [3.8, 4) is 0 Å². The van der Waals surface area contributed by atoms with Gasteiger partial charge in [0.15, 0.2) is 5.96 Å². The van der Waals surface area contributed by atoms with Gasteiger partial charge >= 0.3 is 0 Å². The van der Waals surface area contributed by atoms with Gasteiger partial charge in [0.25, 0.3) is 0 Å². The van der Waals surface area contributed by atoms with Gasteiger partial charge in [0.1, 0.15) is 12.3 Å². The predicted molar refractivity (Wildman–Crippen MR) is 99.2 cm³/mol. The molecule has 1 unspecified atom stereocenters. The van der Waals surface area contributed by atoms with Crippen LogP contribution in [0.25, 0.3) is 0 Å². The molecule has 0 amide bonds. The molecule has 0 aromatic carbocycles. The molecule has 1 aliphatic heterocycles. The van der Waals surface area contributed by atoms with Crippen molar-refractivity contribution in [1.29, 1.82) is 0 Å². The van der Waals surface area contributed by atoms with Crippen LogP contribution in [0.5, 0.6) is 0 Å². The van der Waals surface area contributed by atoms with E-state index >= 15 is 0 Å². The van der Waals surface area contributed by atoms with Gasteiger partial charge in [0.05, 0.1) is 6.20 Å². The van der Waals surface area contributed by atoms with Gasteiger partial charge in [-0.25, -0.2) is 9.98 Å². The Hall–Kier alpha value is -1.52. The van der Waals surface area contributed by atoms with Crippen LogP contribution in [0.15, 0.2) is 15.6 Å². The molecular weight excluding hydrogens is 300 g/mol. The first-order chi connectivity index (χ1) is 11.3. The lowest BCUT2D eigenvalue weighted by atomic mass is 9.94. The van der Waals surface area contributed by atoms with Crippen molar-refractivity contribution in [3.05, 3.63) is 17.8 Å². The lowest BCUT2D eigenvalue weighted by Gasteiger charge is -2.22. The van der Waals surface area contributed by atoms with Gasteiger partial charge in [-0.1, -0.05) is 34.6 Å². The fourth-order valence-electron chi connectivity index (χ4n) is 3.18. The van der Waals surface area contributed by atoms with E-state index in [1.165, 1.54) is 12.8 Å². The molecule has 1 aromatic rings. The normalized spacial score (nSPS) is 19.4. The van der Waals surface area contributed by atoms with Gasteiger partial charge in [-0.2, -0.15) is 0 Å². The molecule has 1 aromatic heterocycles. The molecule has 24 heavy (non-hydrogen) atoms. The second-order valence-corrected chi connectivity index (χ2v) is 8.27. The minimum Gasteiger partial charge on any atom is -0.443 e. The Kier molecular flexibility index (Phi) is 6.30. The Morgan fingerprint density at radius 2 is 2.21 bits per heavy atom. The number of rotatable bonds is 5. The molecule has 2 heterocycles.